The average molecular weight is 713 g/mol. The quantitative estimate of drug-likeness (QED) is 0.0446. The fraction of sp³-hybridized carbons (Fsp3) is 1.00. The first kappa shape index (κ1) is 40.4. The van der Waals surface area contributed by atoms with E-state index in [1.54, 1.807) is 0 Å². The van der Waals surface area contributed by atoms with Gasteiger partial charge in [-0.1, -0.05) is 175 Å². The van der Waals surface area contributed by atoms with Gasteiger partial charge in [-0.15, -0.1) is 0 Å². The zero-order valence-corrected chi connectivity index (χ0v) is 33.3. The first-order valence-corrected chi connectivity index (χ1v) is 25.2. The summed E-state index contributed by atoms with van der Waals surface area (Å²) in [5, 5.41) is 3.03. The Labute approximate surface area is 267 Å². The average Bonchev–Trinajstić information content (AvgIpc) is 2.85. The van der Waals surface area contributed by atoms with Crippen molar-refractivity contribution >= 4 is 48.5 Å². The van der Waals surface area contributed by atoms with Crippen LogP contribution in [0.3, 0.4) is 0 Å². The Morgan fingerprint density at radius 3 is 0.821 bits per heavy atom. The van der Waals surface area contributed by atoms with Gasteiger partial charge in [-0.3, -0.25) is 0 Å². The Morgan fingerprint density at radius 1 is 0.385 bits per heavy atom. The van der Waals surface area contributed by atoms with Gasteiger partial charge >= 0.3 is 0 Å². The molecular formula is C34H72Br2OSi2. The maximum Gasteiger partial charge on any atom is 0.179 e. The van der Waals surface area contributed by atoms with Gasteiger partial charge in [-0.05, 0) is 61.9 Å². The highest BCUT2D eigenvalue weighted by Gasteiger charge is 2.49. The fourth-order valence-electron chi connectivity index (χ4n) is 5.67. The zero-order valence-electron chi connectivity index (χ0n) is 28.1. The van der Waals surface area contributed by atoms with Crippen LogP contribution in [0.1, 0.15) is 169 Å². The number of alkyl halides is 2. The summed E-state index contributed by atoms with van der Waals surface area (Å²) in [5.74, 6) is 0. The molecule has 0 radical (unpaired) electrons. The van der Waals surface area contributed by atoms with Crippen molar-refractivity contribution in [2.24, 2.45) is 0 Å². The molecule has 0 bridgehead atoms. The SMILES string of the molecule is CC(C)(CCCCCCCCCCCCBr)[Si](C)(C)O[Si](C)(C)C(C)(C)CCCCCCCCCCCCBr. The van der Waals surface area contributed by atoms with Crippen molar-refractivity contribution in [3.8, 4) is 0 Å². The molecule has 1 nitrogen and oxygen atoms in total. The molecule has 0 aliphatic rings. The number of unbranched alkanes of at least 4 members (excludes halogenated alkanes) is 18. The van der Waals surface area contributed by atoms with Crippen LogP contribution < -0.4 is 0 Å². The molecule has 0 saturated carbocycles. The van der Waals surface area contributed by atoms with E-state index >= 15 is 0 Å². The highest BCUT2D eigenvalue weighted by molar-refractivity contribution is 9.09. The van der Waals surface area contributed by atoms with Crippen LogP contribution in [-0.2, 0) is 4.12 Å². The number of halogens is 2. The molecule has 0 spiro atoms. The molecule has 0 aliphatic carbocycles. The maximum atomic E-state index is 7.33. The van der Waals surface area contributed by atoms with Gasteiger partial charge in [0.25, 0.3) is 0 Å². The molecule has 0 atom stereocenters. The van der Waals surface area contributed by atoms with Crippen molar-refractivity contribution in [2.75, 3.05) is 10.7 Å². The molecule has 0 rings (SSSR count). The predicted octanol–water partition coefficient (Wildman–Crippen LogP) is 14.3. The molecule has 0 aliphatic heterocycles. The molecular weight excluding hydrogens is 640 g/mol. The fourth-order valence-corrected chi connectivity index (χ4v) is 15.3. The molecule has 0 heterocycles. The molecule has 5 heteroatoms. The molecule has 0 N–H and O–H groups in total. The van der Waals surface area contributed by atoms with Crippen molar-refractivity contribution in [3.63, 3.8) is 0 Å². The summed E-state index contributed by atoms with van der Waals surface area (Å²) in [5.41, 5.74) is 0. The molecule has 0 saturated heterocycles. The second-order valence-electron chi connectivity index (χ2n) is 14.8. The highest BCUT2D eigenvalue weighted by Crippen LogP contribution is 2.49. The van der Waals surface area contributed by atoms with Crippen LogP contribution in [0.25, 0.3) is 0 Å². The summed E-state index contributed by atoms with van der Waals surface area (Å²) < 4.78 is 7.33. The minimum Gasteiger partial charge on any atom is -0.455 e. The van der Waals surface area contributed by atoms with E-state index in [1.807, 2.05) is 0 Å². The zero-order chi connectivity index (χ0) is 29.7. The highest BCUT2D eigenvalue weighted by atomic mass is 79.9. The van der Waals surface area contributed by atoms with Gasteiger partial charge in [-0.25, -0.2) is 0 Å². The Bertz CT molecular complexity index is 515. The van der Waals surface area contributed by atoms with Crippen LogP contribution in [0.5, 0.6) is 0 Å². The Hall–Kier alpha value is 1.35. The molecule has 39 heavy (non-hydrogen) atoms. The van der Waals surface area contributed by atoms with Crippen molar-refractivity contribution in [1.82, 2.24) is 0 Å². The lowest BCUT2D eigenvalue weighted by molar-refractivity contribution is 0.396. The van der Waals surface area contributed by atoms with Gasteiger partial charge in [0.1, 0.15) is 0 Å². The van der Waals surface area contributed by atoms with Crippen LogP contribution in [0.4, 0.5) is 0 Å². The van der Waals surface area contributed by atoms with E-state index in [2.05, 4.69) is 85.7 Å². The van der Waals surface area contributed by atoms with Crippen molar-refractivity contribution in [1.29, 1.82) is 0 Å². The predicted molar refractivity (Wildman–Crippen MR) is 193 cm³/mol. The van der Waals surface area contributed by atoms with E-state index in [4.69, 9.17) is 4.12 Å². The maximum absolute atomic E-state index is 7.33. The van der Waals surface area contributed by atoms with Crippen molar-refractivity contribution in [3.05, 3.63) is 0 Å². The van der Waals surface area contributed by atoms with Gasteiger partial charge in [0.2, 0.25) is 0 Å². The van der Waals surface area contributed by atoms with E-state index in [0.29, 0.717) is 10.1 Å². The smallest absolute Gasteiger partial charge is 0.179 e. The largest absolute Gasteiger partial charge is 0.455 e. The topological polar surface area (TPSA) is 9.23 Å². The van der Waals surface area contributed by atoms with E-state index in [0.717, 1.165) is 0 Å². The lowest BCUT2D eigenvalue weighted by Crippen LogP contribution is -2.55. The van der Waals surface area contributed by atoms with E-state index < -0.39 is 16.6 Å². The number of hydrogen-bond donors (Lipinski definition) is 0. The van der Waals surface area contributed by atoms with Gasteiger partial charge in [0, 0.05) is 10.7 Å². The first-order valence-electron chi connectivity index (χ1n) is 17.1. The van der Waals surface area contributed by atoms with Crippen LogP contribution >= 0.6 is 31.9 Å². The van der Waals surface area contributed by atoms with Crippen LogP contribution in [0.2, 0.25) is 36.3 Å². The lowest BCUT2D eigenvalue weighted by atomic mass is 10.0. The number of hydrogen-bond acceptors (Lipinski definition) is 1. The molecule has 0 amide bonds. The normalized spacial score (nSPS) is 13.4. The third-order valence-corrected chi connectivity index (χ3v) is 22.4. The van der Waals surface area contributed by atoms with Crippen LogP contribution in [-0.4, -0.2) is 27.3 Å². The Balaban J connectivity index is 4.25. The molecule has 236 valence electrons. The second kappa shape index (κ2) is 22.8. The summed E-state index contributed by atoms with van der Waals surface area (Å²) in [6, 6.07) is 0. The van der Waals surface area contributed by atoms with Crippen molar-refractivity contribution < 1.29 is 4.12 Å². The summed E-state index contributed by atoms with van der Waals surface area (Å²) >= 11 is 7.07. The van der Waals surface area contributed by atoms with Gasteiger partial charge in [0.05, 0.1) is 0 Å². The van der Waals surface area contributed by atoms with E-state index in [9.17, 15) is 0 Å². The molecule has 0 unspecified atom stereocenters. The minimum atomic E-state index is -1.80. The Kier molecular flexibility index (Phi) is 23.6. The molecule has 0 aromatic heterocycles. The standard InChI is InChI=1S/C34H72Br2OSi2/c1-33(2,29-25-21-17-13-9-11-15-19-23-27-31-35)38(5,6)37-39(7,8)34(3,4)30-26-22-18-14-10-12-16-20-24-28-32-36/h9-32H2,1-8H3. The third kappa shape index (κ3) is 19.3. The monoisotopic (exact) mass is 710 g/mol. The van der Waals surface area contributed by atoms with E-state index in [1.165, 1.54) is 152 Å². The molecule has 0 fully saturated rings. The summed E-state index contributed by atoms with van der Waals surface area (Å²) in [6.07, 6.45) is 30.9. The number of rotatable bonds is 28. The van der Waals surface area contributed by atoms with Crippen molar-refractivity contribution in [2.45, 2.75) is 205 Å². The van der Waals surface area contributed by atoms with Crippen LogP contribution in [0, 0.1) is 0 Å². The second-order valence-corrected chi connectivity index (χ2v) is 26.0. The Morgan fingerprint density at radius 2 is 0.590 bits per heavy atom. The summed E-state index contributed by atoms with van der Waals surface area (Å²) in [4.78, 5) is 0. The first-order chi connectivity index (χ1) is 18.3. The third-order valence-electron chi connectivity index (χ3n) is 10.1. The summed E-state index contributed by atoms with van der Waals surface area (Å²) in [6.45, 7) is 20.2. The van der Waals surface area contributed by atoms with Gasteiger partial charge < -0.3 is 4.12 Å². The molecule has 0 aromatic carbocycles. The van der Waals surface area contributed by atoms with Gasteiger partial charge in [-0.2, -0.15) is 0 Å². The van der Waals surface area contributed by atoms with E-state index in [-0.39, 0.29) is 0 Å². The molecule has 0 aromatic rings. The van der Waals surface area contributed by atoms with Gasteiger partial charge in [0.15, 0.2) is 16.6 Å². The minimum absolute atomic E-state index is 0.344. The summed E-state index contributed by atoms with van der Waals surface area (Å²) in [7, 11) is -3.60. The van der Waals surface area contributed by atoms with Crippen LogP contribution in [0.15, 0.2) is 0 Å². The lowest BCUT2D eigenvalue weighted by Gasteiger charge is -2.49.